The highest BCUT2D eigenvalue weighted by Crippen LogP contribution is 2.40. The van der Waals surface area contributed by atoms with Crippen molar-refractivity contribution in [3.8, 4) is 0 Å². The molecule has 0 amide bonds. The number of furan rings is 1. The van der Waals surface area contributed by atoms with Gasteiger partial charge in [0.05, 0.1) is 6.54 Å². The van der Waals surface area contributed by atoms with E-state index < -0.39 is 0 Å². The number of nitrogens with zero attached hydrogens (tertiary/aromatic N) is 3. The number of anilines is 2. The van der Waals surface area contributed by atoms with Crippen molar-refractivity contribution in [2.45, 2.75) is 39.2 Å². The molecule has 0 saturated heterocycles. The summed E-state index contributed by atoms with van der Waals surface area (Å²) < 4.78 is 5.64. The Bertz CT molecular complexity index is 648. The van der Waals surface area contributed by atoms with E-state index in [-0.39, 0.29) is 0 Å². The minimum atomic E-state index is 0.482. The summed E-state index contributed by atoms with van der Waals surface area (Å²) in [7, 11) is 2.00. The molecular formula is C15H21N5O. The van der Waals surface area contributed by atoms with Crippen molar-refractivity contribution in [2.24, 2.45) is 5.84 Å². The second-order valence-electron chi connectivity index (χ2n) is 5.67. The number of aromatic nitrogens is 2. The minimum absolute atomic E-state index is 0.482. The van der Waals surface area contributed by atoms with Gasteiger partial charge in [0.25, 0.3) is 0 Å². The number of nitrogens with two attached hydrogens (primary N) is 1. The van der Waals surface area contributed by atoms with Gasteiger partial charge in [0.15, 0.2) is 0 Å². The van der Waals surface area contributed by atoms with Gasteiger partial charge in [0, 0.05) is 18.5 Å². The smallest absolute Gasteiger partial charge is 0.148 e. The molecular weight excluding hydrogens is 266 g/mol. The SMILES string of the molecule is Cc1ccc(CN(C)c2nc(C3CC3)nc(NN)c2C)o1. The van der Waals surface area contributed by atoms with Crippen LogP contribution in [0.25, 0.3) is 0 Å². The predicted molar refractivity (Wildman–Crippen MR) is 82.1 cm³/mol. The first-order valence-electron chi connectivity index (χ1n) is 7.20. The highest BCUT2D eigenvalue weighted by Gasteiger charge is 2.28. The Morgan fingerprint density at radius 3 is 2.67 bits per heavy atom. The molecule has 0 atom stereocenters. The lowest BCUT2D eigenvalue weighted by Gasteiger charge is -2.21. The Hall–Kier alpha value is -2.08. The molecule has 0 spiro atoms. The lowest BCUT2D eigenvalue weighted by atomic mass is 10.2. The van der Waals surface area contributed by atoms with Crippen LogP contribution in [0.2, 0.25) is 0 Å². The molecule has 0 unspecified atom stereocenters. The van der Waals surface area contributed by atoms with Crippen LogP contribution in [0, 0.1) is 13.8 Å². The first kappa shape index (κ1) is 13.9. The van der Waals surface area contributed by atoms with Gasteiger partial charge in [-0.25, -0.2) is 15.8 Å². The molecule has 0 bridgehead atoms. The van der Waals surface area contributed by atoms with Gasteiger partial charge in [-0.05, 0) is 38.8 Å². The molecule has 2 aromatic heterocycles. The standard InChI is InChI=1S/C15H21N5O/c1-9-4-7-12(21-9)8-20(3)15-10(2)13(19-16)17-14(18-15)11-5-6-11/h4,7,11H,5-6,8,16H2,1-3H3,(H,17,18,19). The Balaban J connectivity index is 1.90. The quantitative estimate of drug-likeness (QED) is 0.649. The van der Waals surface area contributed by atoms with Crippen molar-refractivity contribution < 1.29 is 4.42 Å². The van der Waals surface area contributed by atoms with Gasteiger partial charge in [-0.3, -0.25) is 0 Å². The van der Waals surface area contributed by atoms with Crippen molar-refractivity contribution in [3.05, 3.63) is 35.0 Å². The van der Waals surface area contributed by atoms with E-state index in [1.54, 1.807) is 0 Å². The third-order valence-corrected chi connectivity index (χ3v) is 3.77. The molecule has 1 aliphatic rings. The van der Waals surface area contributed by atoms with Crippen molar-refractivity contribution in [1.29, 1.82) is 0 Å². The monoisotopic (exact) mass is 287 g/mol. The number of hydrazine groups is 1. The molecule has 21 heavy (non-hydrogen) atoms. The fraction of sp³-hybridized carbons (Fsp3) is 0.467. The van der Waals surface area contributed by atoms with Crippen LogP contribution in [0.4, 0.5) is 11.6 Å². The predicted octanol–water partition coefficient (Wildman–Crippen LogP) is 2.49. The maximum absolute atomic E-state index is 5.64. The van der Waals surface area contributed by atoms with Crippen LogP contribution in [-0.2, 0) is 6.54 Å². The van der Waals surface area contributed by atoms with Crippen molar-refractivity contribution in [1.82, 2.24) is 9.97 Å². The highest BCUT2D eigenvalue weighted by atomic mass is 16.3. The molecule has 3 rings (SSSR count). The van der Waals surface area contributed by atoms with Crippen LogP contribution in [0.15, 0.2) is 16.5 Å². The molecule has 0 radical (unpaired) electrons. The molecule has 112 valence electrons. The topological polar surface area (TPSA) is 80.2 Å². The first-order valence-corrected chi connectivity index (χ1v) is 7.20. The van der Waals surface area contributed by atoms with Crippen molar-refractivity contribution >= 4 is 11.6 Å². The fourth-order valence-electron chi connectivity index (χ4n) is 2.44. The Morgan fingerprint density at radius 2 is 2.10 bits per heavy atom. The maximum atomic E-state index is 5.64. The van der Waals surface area contributed by atoms with E-state index in [9.17, 15) is 0 Å². The van der Waals surface area contributed by atoms with Crippen molar-refractivity contribution in [3.63, 3.8) is 0 Å². The van der Waals surface area contributed by atoms with Gasteiger partial charge in [-0.15, -0.1) is 0 Å². The zero-order valence-electron chi connectivity index (χ0n) is 12.7. The second-order valence-corrected chi connectivity index (χ2v) is 5.67. The first-order chi connectivity index (χ1) is 10.1. The Labute approximate surface area is 124 Å². The van der Waals surface area contributed by atoms with Crippen LogP contribution in [0.3, 0.4) is 0 Å². The minimum Gasteiger partial charge on any atom is -0.464 e. The number of nitrogens with one attached hydrogen (secondary N) is 1. The summed E-state index contributed by atoms with van der Waals surface area (Å²) in [6.45, 7) is 4.59. The number of hydrogen-bond acceptors (Lipinski definition) is 6. The fourth-order valence-corrected chi connectivity index (χ4v) is 2.44. The van der Waals surface area contributed by atoms with Gasteiger partial charge < -0.3 is 14.7 Å². The van der Waals surface area contributed by atoms with E-state index >= 15 is 0 Å². The largest absolute Gasteiger partial charge is 0.464 e. The zero-order valence-corrected chi connectivity index (χ0v) is 12.7. The lowest BCUT2D eigenvalue weighted by molar-refractivity contribution is 0.481. The summed E-state index contributed by atoms with van der Waals surface area (Å²) in [6, 6.07) is 3.96. The zero-order chi connectivity index (χ0) is 15.0. The van der Waals surface area contributed by atoms with Crippen LogP contribution >= 0.6 is 0 Å². The van der Waals surface area contributed by atoms with Gasteiger partial charge in [-0.2, -0.15) is 0 Å². The average Bonchev–Trinajstić information content (AvgIpc) is 3.23. The number of rotatable bonds is 5. The van der Waals surface area contributed by atoms with E-state index in [4.69, 9.17) is 15.2 Å². The highest BCUT2D eigenvalue weighted by molar-refractivity contribution is 5.58. The number of aryl methyl sites for hydroxylation is 1. The maximum Gasteiger partial charge on any atom is 0.148 e. The van der Waals surface area contributed by atoms with Crippen LogP contribution < -0.4 is 16.2 Å². The van der Waals surface area contributed by atoms with Crippen LogP contribution in [0.1, 0.15) is 41.7 Å². The third kappa shape index (κ3) is 2.85. The molecule has 1 saturated carbocycles. The van der Waals surface area contributed by atoms with Gasteiger partial charge in [-0.1, -0.05) is 0 Å². The normalized spacial score (nSPS) is 14.3. The van der Waals surface area contributed by atoms with Crippen LogP contribution in [-0.4, -0.2) is 17.0 Å². The molecule has 0 aromatic carbocycles. The number of nitrogen functional groups attached to an aromatic ring is 1. The molecule has 0 aliphatic heterocycles. The summed E-state index contributed by atoms with van der Waals surface area (Å²) in [5.41, 5.74) is 3.63. The van der Waals surface area contributed by atoms with E-state index in [1.165, 1.54) is 0 Å². The molecule has 1 fully saturated rings. The van der Waals surface area contributed by atoms with E-state index in [0.717, 1.165) is 41.6 Å². The van der Waals surface area contributed by atoms with Crippen LogP contribution in [0.5, 0.6) is 0 Å². The van der Waals surface area contributed by atoms with E-state index in [2.05, 4.69) is 15.3 Å². The van der Waals surface area contributed by atoms with Gasteiger partial charge in [0.1, 0.15) is 29.0 Å². The van der Waals surface area contributed by atoms with Crippen molar-refractivity contribution in [2.75, 3.05) is 17.4 Å². The third-order valence-electron chi connectivity index (χ3n) is 3.77. The Kier molecular flexibility index (Phi) is 3.55. The molecule has 6 nitrogen and oxygen atoms in total. The van der Waals surface area contributed by atoms with Gasteiger partial charge >= 0.3 is 0 Å². The second kappa shape index (κ2) is 5.37. The average molecular weight is 287 g/mol. The van der Waals surface area contributed by atoms with Gasteiger partial charge in [0.2, 0.25) is 0 Å². The van der Waals surface area contributed by atoms with E-state index in [0.29, 0.717) is 18.3 Å². The molecule has 6 heteroatoms. The molecule has 2 aromatic rings. The summed E-state index contributed by atoms with van der Waals surface area (Å²) in [5, 5.41) is 0. The molecule has 2 heterocycles. The number of hydrogen-bond donors (Lipinski definition) is 2. The summed E-state index contributed by atoms with van der Waals surface area (Å²) >= 11 is 0. The Morgan fingerprint density at radius 1 is 1.33 bits per heavy atom. The lowest BCUT2D eigenvalue weighted by Crippen LogP contribution is -2.21. The summed E-state index contributed by atoms with van der Waals surface area (Å²) in [4.78, 5) is 11.3. The molecule has 3 N–H and O–H groups in total. The van der Waals surface area contributed by atoms with E-state index in [1.807, 2.05) is 33.0 Å². The summed E-state index contributed by atoms with van der Waals surface area (Å²) in [6.07, 6.45) is 2.32. The molecule has 1 aliphatic carbocycles. The summed E-state index contributed by atoms with van der Waals surface area (Å²) in [5.74, 6) is 10.4.